The predicted molar refractivity (Wildman–Crippen MR) is 52.5 cm³/mol. The standard InChI is InChI=1S/C10H22O3/c1-4-6-8-12-10(11-3)13-9-7-5-2/h10H,4-9H2,1-3H3. The summed E-state index contributed by atoms with van der Waals surface area (Å²) in [6.45, 7) is 5.20. The van der Waals surface area contributed by atoms with Crippen LogP contribution in [0, 0.1) is 0 Å². The van der Waals surface area contributed by atoms with Crippen LogP contribution in [0.25, 0.3) is 0 Å². The van der Waals surface area contributed by atoms with Crippen LogP contribution in [0.3, 0.4) is 0 Å². The van der Waals surface area contributed by atoms with Crippen LogP contribution in [0.4, 0.5) is 0 Å². The first-order valence-corrected chi connectivity index (χ1v) is 5.11. The van der Waals surface area contributed by atoms with Gasteiger partial charge in [-0.15, -0.1) is 0 Å². The van der Waals surface area contributed by atoms with Crippen LogP contribution in [0.5, 0.6) is 0 Å². The third kappa shape index (κ3) is 8.22. The Balaban J connectivity index is 3.28. The molecule has 0 saturated carbocycles. The Morgan fingerprint density at radius 2 is 1.38 bits per heavy atom. The fourth-order valence-corrected chi connectivity index (χ4v) is 0.832. The maximum atomic E-state index is 5.33. The van der Waals surface area contributed by atoms with Crippen LogP contribution < -0.4 is 0 Å². The van der Waals surface area contributed by atoms with Crippen molar-refractivity contribution >= 4 is 0 Å². The highest BCUT2D eigenvalue weighted by Crippen LogP contribution is 2.00. The van der Waals surface area contributed by atoms with Gasteiger partial charge in [0.2, 0.25) is 0 Å². The Hall–Kier alpha value is -0.120. The van der Waals surface area contributed by atoms with Crippen molar-refractivity contribution in [3.8, 4) is 0 Å². The Morgan fingerprint density at radius 3 is 1.69 bits per heavy atom. The highest BCUT2D eigenvalue weighted by Gasteiger charge is 2.05. The number of ether oxygens (including phenoxy) is 3. The van der Waals surface area contributed by atoms with Crippen LogP contribution in [0.2, 0.25) is 0 Å². The van der Waals surface area contributed by atoms with Crippen LogP contribution in [0.1, 0.15) is 39.5 Å². The first kappa shape index (κ1) is 12.9. The molecular formula is C10H22O3. The van der Waals surface area contributed by atoms with Crippen molar-refractivity contribution in [2.24, 2.45) is 0 Å². The largest absolute Gasteiger partial charge is 0.333 e. The van der Waals surface area contributed by atoms with E-state index in [0.29, 0.717) is 13.2 Å². The maximum Gasteiger partial charge on any atom is 0.271 e. The van der Waals surface area contributed by atoms with E-state index in [9.17, 15) is 0 Å². The minimum Gasteiger partial charge on any atom is -0.333 e. The average molecular weight is 190 g/mol. The van der Waals surface area contributed by atoms with E-state index in [-0.39, 0.29) is 0 Å². The summed E-state index contributed by atoms with van der Waals surface area (Å²) in [4.78, 5) is 0. The second-order valence-electron chi connectivity index (χ2n) is 2.97. The first-order chi connectivity index (χ1) is 6.35. The zero-order chi connectivity index (χ0) is 9.94. The molecule has 0 fully saturated rings. The molecule has 0 bridgehead atoms. The van der Waals surface area contributed by atoms with Crippen molar-refractivity contribution in [3.63, 3.8) is 0 Å². The molecule has 3 nitrogen and oxygen atoms in total. The molecule has 13 heavy (non-hydrogen) atoms. The first-order valence-electron chi connectivity index (χ1n) is 5.11. The van der Waals surface area contributed by atoms with E-state index in [1.54, 1.807) is 7.11 Å². The highest BCUT2D eigenvalue weighted by atomic mass is 16.8. The van der Waals surface area contributed by atoms with E-state index in [1.165, 1.54) is 0 Å². The van der Waals surface area contributed by atoms with Gasteiger partial charge in [-0.05, 0) is 12.8 Å². The molecular weight excluding hydrogens is 168 g/mol. The molecule has 0 aromatic carbocycles. The Labute approximate surface area is 81.4 Å². The van der Waals surface area contributed by atoms with Crippen molar-refractivity contribution in [1.82, 2.24) is 0 Å². The zero-order valence-electron chi connectivity index (χ0n) is 9.04. The van der Waals surface area contributed by atoms with E-state index in [0.717, 1.165) is 25.7 Å². The van der Waals surface area contributed by atoms with Crippen LogP contribution >= 0.6 is 0 Å². The van der Waals surface area contributed by atoms with Gasteiger partial charge in [0.1, 0.15) is 0 Å². The summed E-state index contributed by atoms with van der Waals surface area (Å²) >= 11 is 0. The topological polar surface area (TPSA) is 27.7 Å². The lowest BCUT2D eigenvalue weighted by atomic mass is 10.4. The van der Waals surface area contributed by atoms with Crippen molar-refractivity contribution < 1.29 is 14.2 Å². The van der Waals surface area contributed by atoms with Crippen LogP contribution in [0.15, 0.2) is 0 Å². The fraction of sp³-hybridized carbons (Fsp3) is 1.00. The zero-order valence-corrected chi connectivity index (χ0v) is 9.04. The lowest BCUT2D eigenvalue weighted by molar-refractivity contribution is -0.277. The summed E-state index contributed by atoms with van der Waals surface area (Å²) in [5.74, 6) is 0. The molecule has 0 aliphatic carbocycles. The quantitative estimate of drug-likeness (QED) is 0.413. The van der Waals surface area contributed by atoms with Crippen molar-refractivity contribution in [3.05, 3.63) is 0 Å². The summed E-state index contributed by atoms with van der Waals surface area (Å²) in [5, 5.41) is 0. The van der Waals surface area contributed by atoms with Gasteiger partial charge in [-0.2, -0.15) is 0 Å². The summed E-state index contributed by atoms with van der Waals surface area (Å²) in [6, 6.07) is 0. The monoisotopic (exact) mass is 190 g/mol. The van der Waals surface area contributed by atoms with Gasteiger partial charge in [-0.25, -0.2) is 0 Å². The molecule has 80 valence electrons. The molecule has 0 atom stereocenters. The summed E-state index contributed by atoms with van der Waals surface area (Å²) in [6.07, 6.45) is 4.37. The van der Waals surface area contributed by atoms with Gasteiger partial charge < -0.3 is 14.2 Å². The molecule has 0 saturated heterocycles. The van der Waals surface area contributed by atoms with Gasteiger partial charge in [0.15, 0.2) is 0 Å². The Morgan fingerprint density at radius 1 is 0.923 bits per heavy atom. The lowest BCUT2D eigenvalue weighted by Gasteiger charge is -2.15. The molecule has 0 N–H and O–H groups in total. The molecule has 0 rings (SSSR count). The lowest BCUT2D eigenvalue weighted by Crippen LogP contribution is -2.20. The van der Waals surface area contributed by atoms with Crippen LogP contribution in [-0.2, 0) is 14.2 Å². The molecule has 0 radical (unpaired) electrons. The maximum absolute atomic E-state index is 5.33. The number of hydrogen-bond donors (Lipinski definition) is 0. The fourth-order valence-electron chi connectivity index (χ4n) is 0.832. The molecule has 0 heterocycles. The smallest absolute Gasteiger partial charge is 0.271 e. The molecule has 0 aliphatic rings. The summed E-state index contributed by atoms with van der Waals surface area (Å²) < 4.78 is 15.7. The van der Waals surface area contributed by atoms with Gasteiger partial charge in [0.25, 0.3) is 6.48 Å². The van der Waals surface area contributed by atoms with E-state index >= 15 is 0 Å². The third-order valence-corrected chi connectivity index (χ3v) is 1.70. The number of hydrogen-bond acceptors (Lipinski definition) is 3. The number of methoxy groups -OCH3 is 1. The molecule has 0 aromatic rings. The van der Waals surface area contributed by atoms with Crippen molar-refractivity contribution in [1.29, 1.82) is 0 Å². The molecule has 0 aliphatic heterocycles. The summed E-state index contributed by atoms with van der Waals surface area (Å²) in [7, 11) is 1.60. The van der Waals surface area contributed by atoms with E-state index in [2.05, 4.69) is 13.8 Å². The van der Waals surface area contributed by atoms with Gasteiger partial charge in [-0.3, -0.25) is 0 Å². The highest BCUT2D eigenvalue weighted by molar-refractivity contribution is 4.34. The summed E-state index contributed by atoms with van der Waals surface area (Å²) in [5.41, 5.74) is 0. The Kier molecular flexibility index (Phi) is 9.87. The average Bonchev–Trinajstić information content (AvgIpc) is 2.16. The van der Waals surface area contributed by atoms with Gasteiger partial charge in [0, 0.05) is 7.11 Å². The second kappa shape index (κ2) is 9.96. The minimum absolute atomic E-state index is 0.474. The van der Waals surface area contributed by atoms with E-state index < -0.39 is 6.48 Å². The number of unbranched alkanes of at least 4 members (excludes halogenated alkanes) is 2. The van der Waals surface area contributed by atoms with Crippen molar-refractivity contribution in [2.45, 2.75) is 46.0 Å². The third-order valence-electron chi connectivity index (χ3n) is 1.70. The Bertz CT molecular complexity index is 86.2. The molecule has 0 aromatic heterocycles. The minimum atomic E-state index is -0.474. The van der Waals surface area contributed by atoms with Gasteiger partial charge in [0.05, 0.1) is 13.2 Å². The van der Waals surface area contributed by atoms with E-state index in [4.69, 9.17) is 14.2 Å². The van der Waals surface area contributed by atoms with Gasteiger partial charge in [-0.1, -0.05) is 26.7 Å². The van der Waals surface area contributed by atoms with Crippen molar-refractivity contribution in [2.75, 3.05) is 20.3 Å². The molecule has 0 spiro atoms. The predicted octanol–water partition coefficient (Wildman–Crippen LogP) is 2.55. The second-order valence-corrected chi connectivity index (χ2v) is 2.97. The van der Waals surface area contributed by atoms with E-state index in [1.807, 2.05) is 0 Å². The SMILES string of the molecule is CCCCOC(OC)OCCCC. The molecule has 3 heteroatoms. The molecule has 0 amide bonds. The van der Waals surface area contributed by atoms with Gasteiger partial charge >= 0.3 is 0 Å². The number of rotatable bonds is 9. The molecule has 0 unspecified atom stereocenters. The normalized spacial score (nSPS) is 11.1. The van der Waals surface area contributed by atoms with Crippen LogP contribution in [-0.4, -0.2) is 26.8 Å².